The SMILES string of the molecule is N=C1NC=C(Br)/C1=C(/N)NC1CCC1. The summed E-state index contributed by atoms with van der Waals surface area (Å²) in [5.74, 6) is 0.939. The summed E-state index contributed by atoms with van der Waals surface area (Å²) in [6.45, 7) is 0. The van der Waals surface area contributed by atoms with Gasteiger partial charge in [0.2, 0.25) is 0 Å². The lowest BCUT2D eigenvalue weighted by Gasteiger charge is -2.28. The Balaban J connectivity index is 2.12. The molecule has 0 amide bonds. The van der Waals surface area contributed by atoms with Gasteiger partial charge in [-0.25, -0.2) is 0 Å². The summed E-state index contributed by atoms with van der Waals surface area (Å²) < 4.78 is 0.840. The van der Waals surface area contributed by atoms with Crippen molar-refractivity contribution in [3.8, 4) is 0 Å². The second-order valence-electron chi connectivity index (χ2n) is 3.57. The van der Waals surface area contributed by atoms with Gasteiger partial charge in [-0.15, -0.1) is 0 Å². The van der Waals surface area contributed by atoms with Crippen molar-refractivity contribution < 1.29 is 0 Å². The van der Waals surface area contributed by atoms with Crippen molar-refractivity contribution in [2.24, 2.45) is 5.73 Å². The van der Waals surface area contributed by atoms with Gasteiger partial charge in [-0.3, -0.25) is 5.41 Å². The Morgan fingerprint density at radius 2 is 2.36 bits per heavy atom. The van der Waals surface area contributed by atoms with Crippen LogP contribution < -0.4 is 16.4 Å². The Morgan fingerprint density at radius 3 is 2.79 bits per heavy atom. The third kappa shape index (κ3) is 1.64. The van der Waals surface area contributed by atoms with Gasteiger partial charge in [0.05, 0.1) is 5.57 Å². The van der Waals surface area contributed by atoms with Gasteiger partial charge in [0.1, 0.15) is 11.7 Å². The standard InChI is InChI=1S/C9H13BrN4/c10-6-4-13-8(11)7(6)9(12)14-5-2-1-3-5/h4-5,14H,1-3,12H2,(H2,11,13)/b9-7+. The van der Waals surface area contributed by atoms with E-state index in [1.54, 1.807) is 6.20 Å². The Morgan fingerprint density at radius 1 is 1.64 bits per heavy atom. The molecule has 0 aromatic heterocycles. The van der Waals surface area contributed by atoms with E-state index in [4.69, 9.17) is 11.1 Å². The molecule has 0 aromatic rings. The van der Waals surface area contributed by atoms with Crippen LogP contribution in [0.3, 0.4) is 0 Å². The number of hydrogen-bond acceptors (Lipinski definition) is 3. The summed E-state index contributed by atoms with van der Waals surface area (Å²) in [6, 6.07) is 0.496. The van der Waals surface area contributed by atoms with Crippen molar-refractivity contribution in [3.63, 3.8) is 0 Å². The molecule has 1 aliphatic carbocycles. The van der Waals surface area contributed by atoms with Crippen molar-refractivity contribution in [1.29, 1.82) is 5.41 Å². The second kappa shape index (κ2) is 3.65. The molecule has 0 radical (unpaired) electrons. The molecule has 2 rings (SSSR count). The molecule has 0 bridgehead atoms. The first kappa shape index (κ1) is 9.58. The summed E-state index contributed by atoms with van der Waals surface area (Å²) in [5.41, 5.74) is 6.62. The van der Waals surface area contributed by atoms with Crippen LogP contribution in [0.15, 0.2) is 22.1 Å². The number of nitrogens with two attached hydrogens (primary N) is 1. The molecule has 1 heterocycles. The molecule has 5 heteroatoms. The Bertz CT molecular complexity index is 328. The topological polar surface area (TPSA) is 73.9 Å². The highest BCUT2D eigenvalue weighted by Crippen LogP contribution is 2.24. The van der Waals surface area contributed by atoms with Crippen LogP contribution in [0.2, 0.25) is 0 Å². The van der Waals surface area contributed by atoms with E-state index in [-0.39, 0.29) is 0 Å². The van der Waals surface area contributed by atoms with E-state index < -0.39 is 0 Å². The second-order valence-corrected chi connectivity index (χ2v) is 4.43. The number of amidine groups is 1. The molecule has 14 heavy (non-hydrogen) atoms. The van der Waals surface area contributed by atoms with Crippen LogP contribution in [-0.2, 0) is 0 Å². The monoisotopic (exact) mass is 256 g/mol. The molecular weight excluding hydrogens is 244 g/mol. The third-order valence-electron chi connectivity index (χ3n) is 2.57. The van der Waals surface area contributed by atoms with E-state index in [1.165, 1.54) is 19.3 Å². The minimum atomic E-state index is 0.348. The lowest BCUT2D eigenvalue weighted by atomic mass is 9.93. The minimum Gasteiger partial charge on any atom is -0.385 e. The zero-order valence-corrected chi connectivity index (χ0v) is 9.32. The highest BCUT2D eigenvalue weighted by atomic mass is 79.9. The largest absolute Gasteiger partial charge is 0.385 e. The number of rotatable bonds is 2. The van der Waals surface area contributed by atoms with Gasteiger partial charge in [-0.1, -0.05) is 0 Å². The van der Waals surface area contributed by atoms with Crippen LogP contribution in [0.4, 0.5) is 0 Å². The first-order valence-electron chi connectivity index (χ1n) is 4.66. The molecule has 0 spiro atoms. The van der Waals surface area contributed by atoms with Crippen molar-refractivity contribution in [3.05, 3.63) is 22.1 Å². The van der Waals surface area contributed by atoms with Gasteiger partial charge in [-0.2, -0.15) is 0 Å². The van der Waals surface area contributed by atoms with E-state index in [0.717, 1.165) is 10.1 Å². The zero-order chi connectivity index (χ0) is 10.1. The van der Waals surface area contributed by atoms with Crippen LogP contribution in [0.25, 0.3) is 0 Å². The molecule has 76 valence electrons. The minimum absolute atomic E-state index is 0.348. The van der Waals surface area contributed by atoms with Crippen molar-refractivity contribution in [2.75, 3.05) is 0 Å². The van der Waals surface area contributed by atoms with Gasteiger partial charge in [0, 0.05) is 16.7 Å². The molecule has 0 unspecified atom stereocenters. The van der Waals surface area contributed by atoms with Gasteiger partial charge in [0.15, 0.2) is 0 Å². The van der Waals surface area contributed by atoms with Crippen LogP contribution in [0.1, 0.15) is 19.3 Å². The fourth-order valence-electron chi connectivity index (χ4n) is 1.51. The number of nitrogens with one attached hydrogen (secondary N) is 3. The predicted molar refractivity (Wildman–Crippen MR) is 59.9 cm³/mol. The van der Waals surface area contributed by atoms with Gasteiger partial charge in [-0.05, 0) is 35.2 Å². The molecule has 5 N–H and O–H groups in total. The van der Waals surface area contributed by atoms with Crippen molar-refractivity contribution in [2.45, 2.75) is 25.3 Å². The van der Waals surface area contributed by atoms with Crippen molar-refractivity contribution in [1.82, 2.24) is 10.6 Å². The quantitative estimate of drug-likeness (QED) is 0.598. The van der Waals surface area contributed by atoms with Crippen LogP contribution in [0.5, 0.6) is 0 Å². The highest BCUT2D eigenvalue weighted by molar-refractivity contribution is 9.12. The molecular formula is C9H13BrN4. The molecule has 1 saturated carbocycles. The lowest BCUT2D eigenvalue weighted by molar-refractivity contribution is 0.362. The normalized spacial score (nSPS) is 25.2. The maximum absolute atomic E-state index is 7.62. The van der Waals surface area contributed by atoms with Crippen LogP contribution in [0, 0.1) is 5.41 Å². The van der Waals surface area contributed by atoms with E-state index in [1.807, 2.05) is 0 Å². The van der Waals surface area contributed by atoms with E-state index in [2.05, 4.69) is 26.6 Å². The highest BCUT2D eigenvalue weighted by Gasteiger charge is 2.22. The van der Waals surface area contributed by atoms with Crippen LogP contribution >= 0.6 is 15.9 Å². The Kier molecular flexibility index (Phi) is 2.50. The average molecular weight is 257 g/mol. The van der Waals surface area contributed by atoms with E-state index in [9.17, 15) is 0 Å². The van der Waals surface area contributed by atoms with Gasteiger partial charge < -0.3 is 16.4 Å². The lowest BCUT2D eigenvalue weighted by Crippen LogP contribution is -2.38. The smallest absolute Gasteiger partial charge is 0.134 e. The first-order chi connectivity index (χ1) is 6.68. The molecule has 0 saturated heterocycles. The third-order valence-corrected chi connectivity index (χ3v) is 3.19. The summed E-state index contributed by atoms with van der Waals surface area (Å²) in [7, 11) is 0. The first-order valence-corrected chi connectivity index (χ1v) is 5.45. The summed E-state index contributed by atoms with van der Waals surface area (Å²) >= 11 is 3.36. The molecule has 0 atom stereocenters. The Hall–Kier alpha value is -0.970. The molecule has 4 nitrogen and oxygen atoms in total. The van der Waals surface area contributed by atoms with Crippen molar-refractivity contribution >= 4 is 21.8 Å². The van der Waals surface area contributed by atoms with E-state index >= 15 is 0 Å². The predicted octanol–water partition coefficient (Wildman–Crippen LogP) is 1.12. The molecule has 1 aliphatic heterocycles. The summed E-state index contributed by atoms with van der Waals surface area (Å²) in [4.78, 5) is 0. The number of hydrogen-bond donors (Lipinski definition) is 4. The molecule has 0 aromatic carbocycles. The average Bonchev–Trinajstić information content (AvgIpc) is 2.39. The molecule has 1 fully saturated rings. The van der Waals surface area contributed by atoms with Crippen LogP contribution in [-0.4, -0.2) is 11.9 Å². The molecule has 2 aliphatic rings. The van der Waals surface area contributed by atoms with E-state index in [0.29, 0.717) is 17.7 Å². The summed E-state index contributed by atoms with van der Waals surface area (Å²) in [6.07, 6.45) is 5.35. The fourth-order valence-corrected chi connectivity index (χ4v) is 2.03. The van der Waals surface area contributed by atoms with Gasteiger partial charge >= 0.3 is 0 Å². The summed E-state index contributed by atoms with van der Waals surface area (Å²) in [5, 5.41) is 13.6. The zero-order valence-electron chi connectivity index (χ0n) is 7.73. The maximum atomic E-state index is 7.62. The fraction of sp³-hybridized carbons (Fsp3) is 0.444. The maximum Gasteiger partial charge on any atom is 0.134 e. The van der Waals surface area contributed by atoms with Gasteiger partial charge in [0.25, 0.3) is 0 Å². The number of halogens is 1. The Labute approximate surface area is 91.3 Å².